The highest BCUT2D eigenvalue weighted by molar-refractivity contribution is 7.89. The summed E-state index contributed by atoms with van der Waals surface area (Å²) in [5, 5.41) is 2.81. The number of benzene rings is 3. The van der Waals surface area contributed by atoms with Gasteiger partial charge in [0.25, 0.3) is 0 Å². The van der Waals surface area contributed by atoms with Crippen LogP contribution in [0.1, 0.15) is 16.7 Å². The predicted octanol–water partition coefficient (Wildman–Crippen LogP) is 3.55. The average Bonchev–Trinajstić information content (AvgIpc) is 2.81. The lowest BCUT2D eigenvalue weighted by atomic mass is 10.1. The number of sulfonamides is 1. The van der Waals surface area contributed by atoms with Crippen LogP contribution in [0, 0.1) is 6.92 Å². The second-order valence-electron chi connectivity index (χ2n) is 7.49. The molecule has 0 aliphatic carbocycles. The van der Waals surface area contributed by atoms with E-state index < -0.39 is 10.0 Å². The minimum Gasteiger partial charge on any atom is -0.495 e. The zero-order chi connectivity index (χ0) is 23.0. The van der Waals surface area contributed by atoms with Crippen LogP contribution in [0.2, 0.25) is 0 Å². The van der Waals surface area contributed by atoms with Gasteiger partial charge in [0.15, 0.2) is 0 Å². The Bertz CT molecular complexity index is 1130. The molecule has 3 aromatic carbocycles. The van der Waals surface area contributed by atoms with Gasteiger partial charge in [-0.25, -0.2) is 8.42 Å². The van der Waals surface area contributed by atoms with Crippen LogP contribution in [0.5, 0.6) is 5.75 Å². The van der Waals surface area contributed by atoms with Crippen LogP contribution in [-0.4, -0.2) is 38.8 Å². The minimum atomic E-state index is -3.97. The van der Waals surface area contributed by atoms with Crippen LogP contribution in [0.25, 0.3) is 0 Å². The number of nitrogens with one attached hydrogen (secondary N) is 1. The van der Waals surface area contributed by atoms with Crippen LogP contribution >= 0.6 is 0 Å². The van der Waals surface area contributed by atoms with Crippen molar-refractivity contribution < 1.29 is 17.9 Å². The summed E-state index contributed by atoms with van der Waals surface area (Å²) in [7, 11) is -2.53. The molecule has 7 heteroatoms. The molecule has 0 saturated carbocycles. The van der Waals surface area contributed by atoms with Crippen molar-refractivity contribution in [1.29, 1.82) is 0 Å². The summed E-state index contributed by atoms with van der Waals surface area (Å²) in [5.74, 6) is -0.109. The fraction of sp³-hybridized carbons (Fsp3) is 0.240. The van der Waals surface area contributed by atoms with Crippen molar-refractivity contribution in [3.63, 3.8) is 0 Å². The first-order chi connectivity index (χ1) is 15.4. The van der Waals surface area contributed by atoms with E-state index in [2.05, 4.69) is 5.32 Å². The molecule has 1 amide bonds. The molecule has 0 heterocycles. The van der Waals surface area contributed by atoms with Crippen LogP contribution in [-0.2, 0) is 27.8 Å². The van der Waals surface area contributed by atoms with E-state index in [9.17, 15) is 13.2 Å². The lowest BCUT2D eigenvalue weighted by Gasteiger charge is -2.23. The van der Waals surface area contributed by atoms with Gasteiger partial charge in [0, 0.05) is 13.1 Å². The maximum atomic E-state index is 13.6. The van der Waals surface area contributed by atoms with Crippen molar-refractivity contribution in [2.24, 2.45) is 0 Å². The van der Waals surface area contributed by atoms with Crippen molar-refractivity contribution >= 4 is 15.9 Å². The van der Waals surface area contributed by atoms with Gasteiger partial charge in [-0.1, -0.05) is 66.7 Å². The van der Waals surface area contributed by atoms with E-state index in [-0.39, 0.29) is 29.6 Å². The summed E-state index contributed by atoms with van der Waals surface area (Å²) in [4.78, 5) is 12.7. The minimum absolute atomic E-state index is 0.0592. The molecule has 6 nitrogen and oxygen atoms in total. The topological polar surface area (TPSA) is 75.7 Å². The van der Waals surface area contributed by atoms with Crippen LogP contribution < -0.4 is 10.1 Å². The zero-order valence-corrected chi connectivity index (χ0v) is 19.1. The van der Waals surface area contributed by atoms with Crippen molar-refractivity contribution in [3.05, 3.63) is 95.6 Å². The molecule has 3 rings (SSSR count). The highest BCUT2D eigenvalue weighted by atomic mass is 32.2. The SMILES string of the molecule is COc1ccc(C)cc1S(=O)(=O)N(CCc1ccccc1)CC(=O)NCc1ccccc1. The summed E-state index contributed by atoms with van der Waals surface area (Å²) >= 11 is 0. The molecule has 32 heavy (non-hydrogen) atoms. The van der Waals surface area contributed by atoms with Crippen molar-refractivity contribution in [2.45, 2.75) is 24.8 Å². The average molecular weight is 453 g/mol. The number of hydrogen-bond acceptors (Lipinski definition) is 4. The summed E-state index contributed by atoms with van der Waals surface area (Å²) in [5.41, 5.74) is 2.73. The van der Waals surface area contributed by atoms with Gasteiger partial charge in [-0.15, -0.1) is 0 Å². The molecule has 0 fully saturated rings. The molecule has 1 N–H and O–H groups in total. The second-order valence-corrected chi connectivity index (χ2v) is 9.40. The molecule has 0 atom stereocenters. The Labute approximate surface area is 189 Å². The molecule has 168 valence electrons. The van der Waals surface area contributed by atoms with Crippen molar-refractivity contribution in [1.82, 2.24) is 9.62 Å². The van der Waals surface area contributed by atoms with E-state index in [1.165, 1.54) is 11.4 Å². The van der Waals surface area contributed by atoms with Crippen LogP contribution in [0.15, 0.2) is 83.8 Å². The molecule has 0 radical (unpaired) electrons. The molecule has 3 aromatic rings. The molecule has 0 bridgehead atoms. The van der Waals surface area contributed by atoms with Gasteiger partial charge < -0.3 is 10.1 Å². The van der Waals surface area contributed by atoms with E-state index in [1.807, 2.05) is 67.6 Å². The Hall–Kier alpha value is -3.16. The van der Waals surface area contributed by atoms with E-state index in [0.29, 0.717) is 13.0 Å². The maximum Gasteiger partial charge on any atom is 0.247 e. The molecule has 0 aliphatic heterocycles. The number of carbonyl (C=O) groups is 1. The summed E-state index contributed by atoms with van der Waals surface area (Å²) in [6, 6.07) is 24.1. The van der Waals surface area contributed by atoms with Gasteiger partial charge >= 0.3 is 0 Å². The molecule has 0 spiro atoms. The third-order valence-corrected chi connectivity index (χ3v) is 6.95. The lowest BCUT2D eigenvalue weighted by molar-refractivity contribution is -0.121. The third kappa shape index (κ3) is 6.18. The monoisotopic (exact) mass is 452 g/mol. The number of carbonyl (C=O) groups excluding carboxylic acids is 1. The number of amides is 1. The molecule has 0 aliphatic rings. The molecular weight excluding hydrogens is 424 g/mol. The Kier molecular flexibility index (Phi) is 8.03. The van der Waals surface area contributed by atoms with E-state index in [4.69, 9.17) is 4.74 Å². The summed E-state index contributed by atoms with van der Waals surface area (Å²) in [6.07, 6.45) is 0.486. The first kappa shape index (κ1) is 23.5. The number of ether oxygens (including phenoxy) is 1. The van der Waals surface area contributed by atoms with E-state index in [0.717, 1.165) is 16.7 Å². The Balaban J connectivity index is 1.82. The van der Waals surface area contributed by atoms with Crippen LogP contribution in [0.3, 0.4) is 0 Å². The molecule has 0 saturated heterocycles. The number of rotatable bonds is 10. The first-order valence-corrected chi connectivity index (χ1v) is 11.8. The smallest absolute Gasteiger partial charge is 0.247 e. The van der Waals surface area contributed by atoms with Crippen LogP contribution in [0.4, 0.5) is 0 Å². The number of methoxy groups -OCH3 is 1. The highest BCUT2D eigenvalue weighted by Crippen LogP contribution is 2.28. The van der Waals surface area contributed by atoms with E-state index >= 15 is 0 Å². The fourth-order valence-electron chi connectivity index (χ4n) is 3.32. The number of hydrogen-bond donors (Lipinski definition) is 1. The molecular formula is C25H28N2O4S. The quantitative estimate of drug-likeness (QED) is 0.510. The fourth-order valence-corrected chi connectivity index (χ4v) is 4.96. The highest BCUT2D eigenvalue weighted by Gasteiger charge is 2.29. The van der Waals surface area contributed by atoms with Gasteiger partial charge in [-0.05, 0) is 42.2 Å². The second kappa shape index (κ2) is 10.9. The summed E-state index contributed by atoms with van der Waals surface area (Å²) in [6.45, 7) is 2.04. The zero-order valence-electron chi connectivity index (χ0n) is 18.3. The molecule has 0 aromatic heterocycles. The normalized spacial score (nSPS) is 11.3. The van der Waals surface area contributed by atoms with Crippen molar-refractivity contribution in [3.8, 4) is 5.75 Å². The number of aryl methyl sites for hydroxylation is 1. The van der Waals surface area contributed by atoms with E-state index in [1.54, 1.807) is 18.2 Å². The largest absolute Gasteiger partial charge is 0.495 e. The standard InChI is InChI=1S/C25H28N2O4S/c1-20-13-14-23(31-2)24(17-20)32(29,30)27(16-15-21-9-5-3-6-10-21)19-25(28)26-18-22-11-7-4-8-12-22/h3-14,17H,15-16,18-19H2,1-2H3,(H,26,28). The third-order valence-electron chi connectivity index (χ3n) is 5.08. The van der Waals surface area contributed by atoms with Crippen molar-refractivity contribution in [2.75, 3.05) is 20.2 Å². The van der Waals surface area contributed by atoms with Gasteiger partial charge in [0.1, 0.15) is 10.6 Å². The first-order valence-electron chi connectivity index (χ1n) is 10.4. The Morgan fingerprint density at radius 2 is 1.56 bits per heavy atom. The van der Waals surface area contributed by atoms with Gasteiger partial charge in [0.05, 0.1) is 13.7 Å². The Morgan fingerprint density at radius 1 is 0.938 bits per heavy atom. The number of nitrogens with zero attached hydrogens (tertiary/aromatic N) is 1. The Morgan fingerprint density at radius 3 is 2.19 bits per heavy atom. The maximum absolute atomic E-state index is 13.6. The molecule has 0 unspecified atom stereocenters. The summed E-state index contributed by atoms with van der Waals surface area (Å²) < 4.78 is 33.6. The lowest BCUT2D eigenvalue weighted by Crippen LogP contribution is -2.41. The van der Waals surface area contributed by atoms with Gasteiger partial charge in [-0.3, -0.25) is 4.79 Å². The van der Waals surface area contributed by atoms with Gasteiger partial charge in [0.2, 0.25) is 15.9 Å². The van der Waals surface area contributed by atoms with Gasteiger partial charge in [-0.2, -0.15) is 4.31 Å². The predicted molar refractivity (Wildman–Crippen MR) is 125 cm³/mol.